The molecule has 0 unspecified atom stereocenters. The van der Waals surface area contributed by atoms with Gasteiger partial charge in [-0.05, 0) is 150 Å². The maximum atomic E-state index is 2.64. The van der Waals surface area contributed by atoms with Crippen LogP contribution in [0.15, 0.2) is 224 Å². The van der Waals surface area contributed by atoms with Crippen molar-refractivity contribution in [2.45, 2.75) is 56.8 Å². The number of fused-ring (bicyclic) bond motifs is 8. The zero-order chi connectivity index (χ0) is 46.5. The number of benzene rings is 10. The van der Waals surface area contributed by atoms with E-state index in [1.165, 1.54) is 103 Å². The Morgan fingerprint density at radius 3 is 1.75 bits per heavy atom. The van der Waals surface area contributed by atoms with Crippen LogP contribution in [0.3, 0.4) is 0 Å². The molecule has 0 amide bonds. The van der Waals surface area contributed by atoms with Crippen molar-refractivity contribution in [2.75, 3.05) is 4.90 Å². The topological polar surface area (TPSA) is 3.24 Å². The van der Waals surface area contributed by atoms with Crippen LogP contribution >= 0.6 is 11.3 Å². The standard InChI is InChI=1S/C67H53NS/c1-65(2)38-39-66(3,4)59-43-57-55(42-58(59)65)63-53(31-18-32-56(63)67(57,47-23-7-5-8-24-47)48-25-9-6-10-26-48)52-29-14-13-28-51(52)46-22-17-27-49(41-46)68(50-37-36-44-20-11-12-21-45(44)40-50)60-33-19-35-62-64(60)54-30-15-16-34-61(54)69-62/h5-37,40-43H,38-39H2,1-4H3. The molecule has 0 saturated carbocycles. The predicted octanol–water partition coefficient (Wildman–Crippen LogP) is 18.7. The first-order valence-electron chi connectivity index (χ1n) is 24.5. The first kappa shape index (κ1) is 41.7. The van der Waals surface area contributed by atoms with Gasteiger partial charge in [0.05, 0.1) is 11.1 Å². The number of anilines is 3. The lowest BCUT2D eigenvalue weighted by atomic mass is 9.61. The Morgan fingerprint density at radius 1 is 0.391 bits per heavy atom. The van der Waals surface area contributed by atoms with Crippen LogP contribution in [-0.4, -0.2) is 0 Å². The van der Waals surface area contributed by atoms with Crippen LogP contribution < -0.4 is 4.90 Å². The van der Waals surface area contributed by atoms with E-state index in [4.69, 9.17) is 0 Å². The molecule has 13 rings (SSSR count). The first-order chi connectivity index (χ1) is 33.7. The second-order valence-electron chi connectivity index (χ2n) is 20.6. The fourth-order valence-corrected chi connectivity index (χ4v) is 13.4. The van der Waals surface area contributed by atoms with Gasteiger partial charge in [0, 0.05) is 31.5 Å². The van der Waals surface area contributed by atoms with Crippen LogP contribution in [0.1, 0.15) is 73.9 Å². The van der Waals surface area contributed by atoms with E-state index in [1.54, 1.807) is 0 Å². The van der Waals surface area contributed by atoms with Gasteiger partial charge in [-0.3, -0.25) is 0 Å². The Bertz CT molecular complexity index is 3760. The summed E-state index contributed by atoms with van der Waals surface area (Å²) in [6.45, 7) is 9.84. The minimum atomic E-state index is -0.516. The van der Waals surface area contributed by atoms with Gasteiger partial charge in [0.1, 0.15) is 0 Å². The summed E-state index contributed by atoms with van der Waals surface area (Å²) in [5.41, 5.74) is 18.9. The fraction of sp³-hybridized carbons (Fsp3) is 0.134. The fourth-order valence-electron chi connectivity index (χ4n) is 12.3. The second-order valence-corrected chi connectivity index (χ2v) is 21.7. The van der Waals surface area contributed by atoms with Gasteiger partial charge in [0.2, 0.25) is 0 Å². The molecule has 2 heteroatoms. The third kappa shape index (κ3) is 6.42. The maximum Gasteiger partial charge on any atom is 0.0713 e. The highest BCUT2D eigenvalue weighted by molar-refractivity contribution is 7.26. The third-order valence-corrected chi connectivity index (χ3v) is 16.9. The van der Waals surface area contributed by atoms with E-state index in [-0.39, 0.29) is 10.8 Å². The summed E-state index contributed by atoms with van der Waals surface area (Å²) in [4.78, 5) is 2.48. The van der Waals surface area contributed by atoms with Gasteiger partial charge >= 0.3 is 0 Å². The predicted molar refractivity (Wildman–Crippen MR) is 295 cm³/mol. The van der Waals surface area contributed by atoms with Gasteiger partial charge in [-0.1, -0.05) is 204 Å². The van der Waals surface area contributed by atoms with Crippen molar-refractivity contribution in [2.24, 2.45) is 0 Å². The van der Waals surface area contributed by atoms with Gasteiger partial charge < -0.3 is 4.90 Å². The smallest absolute Gasteiger partial charge is 0.0713 e. The summed E-state index contributed by atoms with van der Waals surface area (Å²) in [5.74, 6) is 0. The van der Waals surface area contributed by atoms with Gasteiger partial charge in [-0.15, -0.1) is 11.3 Å². The summed E-state index contributed by atoms with van der Waals surface area (Å²) in [7, 11) is 0. The lowest BCUT2D eigenvalue weighted by Crippen LogP contribution is -2.35. The van der Waals surface area contributed by atoms with E-state index < -0.39 is 5.41 Å². The van der Waals surface area contributed by atoms with Crippen LogP contribution in [0.25, 0.3) is 64.3 Å². The first-order valence-corrected chi connectivity index (χ1v) is 25.4. The van der Waals surface area contributed by atoms with E-state index in [1.807, 2.05) is 11.3 Å². The Balaban J connectivity index is 1.05. The van der Waals surface area contributed by atoms with Crippen LogP contribution in [0, 0.1) is 0 Å². The maximum absolute atomic E-state index is 2.64. The Labute approximate surface area is 410 Å². The Kier molecular flexibility index (Phi) is 9.52. The van der Waals surface area contributed by atoms with Crippen LogP contribution in [-0.2, 0) is 16.2 Å². The summed E-state index contributed by atoms with van der Waals surface area (Å²) >= 11 is 1.87. The van der Waals surface area contributed by atoms with Gasteiger partial charge in [0.15, 0.2) is 0 Å². The van der Waals surface area contributed by atoms with Crippen LogP contribution in [0.2, 0.25) is 0 Å². The van der Waals surface area contributed by atoms with Crippen molar-refractivity contribution >= 4 is 59.3 Å². The summed E-state index contributed by atoms with van der Waals surface area (Å²) in [6.07, 6.45) is 2.33. The van der Waals surface area contributed by atoms with Crippen molar-refractivity contribution in [1.29, 1.82) is 0 Å². The average Bonchev–Trinajstić information content (AvgIpc) is 3.92. The molecule has 0 saturated heterocycles. The number of hydrogen-bond acceptors (Lipinski definition) is 2. The molecule has 332 valence electrons. The molecule has 0 radical (unpaired) electrons. The molecule has 0 N–H and O–H groups in total. The molecule has 1 aromatic heterocycles. The van der Waals surface area contributed by atoms with Crippen LogP contribution in [0.5, 0.6) is 0 Å². The highest BCUT2D eigenvalue weighted by Crippen LogP contribution is 2.61. The molecule has 11 aromatic rings. The molecule has 0 fully saturated rings. The molecule has 0 aliphatic heterocycles. The summed E-state index contributed by atoms with van der Waals surface area (Å²) in [6, 6.07) is 84.6. The van der Waals surface area contributed by atoms with Gasteiger partial charge in [-0.2, -0.15) is 0 Å². The van der Waals surface area contributed by atoms with Crippen LogP contribution in [0.4, 0.5) is 17.1 Å². The molecule has 1 nitrogen and oxygen atoms in total. The van der Waals surface area contributed by atoms with E-state index in [0.717, 1.165) is 24.2 Å². The van der Waals surface area contributed by atoms with E-state index in [0.29, 0.717) is 0 Å². The molecule has 1 heterocycles. The lowest BCUT2D eigenvalue weighted by molar-refractivity contribution is 0.331. The average molecular weight is 904 g/mol. The van der Waals surface area contributed by atoms with E-state index >= 15 is 0 Å². The van der Waals surface area contributed by atoms with Crippen molar-refractivity contribution < 1.29 is 0 Å². The Hall–Kier alpha value is -7.52. The molecule has 2 aliphatic rings. The summed E-state index contributed by atoms with van der Waals surface area (Å²) < 4.78 is 2.59. The monoisotopic (exact) mass is 903 g/mol. The number of nitrogens with zero attached hydrogens (tertiary/aromatic N) is 1. The van der Waals surface area contributed by atoms with Crippen molar-refractivity contribution in [3.8, 4) is 33.4 Å². The summed E-state index contributed by atoms with van der Waals surface area (Å²) in [5, 5.41) is 5.02. The minimum Gasteiger partial charge on any atom is -0.310 e. The van der Waals surface area contributed by atoms with Crippen molar-refractivity contribution in [1.82, 2.24) is 0 Å². The SMILES string of the molecule is CC1(C)CCC(C)(C)c2cc3c(cc21)-c1c(-c2ccccc2-c2cccc(N(c4ccc5ccccc5c4)c4cccc5sc6ccccc6c45)c2)cccc1C3(c1ccccc1)c1ccccc1. The van der Waals surface area contributed by atoms with Gasteiger partial charge in [0.25, 0.3) is 0 Å². The number of thiophene rings is 1. The minimum absolute atomic E-state index is 0.0502. The molecule has 69 heavy (non-hydrogen) atoms. The Morgan fingerprint density at radius 2 is 0.986 bits per heavy atom. The quantitative estimate of drug-likeness (QED) is 0.154. The van der Waals surface area contributed by atoms with Gasteiger partial charge in [-0.25, -0.2) is 0 Å². The molecular formula is C67H53NS. The largest absolute Gasteiger partial charge is 0.310 e. The molecule has 2 aliphatic carbocycles. The zero-order valence-corrected chi connectivity index (χ0v) is 40.4. The number of rotatable bonds is 7. The lowest BCUT2D eigenvalue weighted by Gasteiger charge is -2.43. The van der Waals surface area contributed by atoms with E-state index in [2.05, 4.69) is 257 Å². The molecular weight excluding hydrogens is 851 g/mol. The van der Waals surface area contributed by atoms with Crippen molar-refractivity contribution in [3.05, 3.63) is 258 Å². The molecule has 0 bridgehead atoms. The van der Waals surface area contributed by atoms with Crippen molar-refractivity contribution in [3.63, 3.8) is 0 Å². The zero-order valence-electron chi connectivity index (χ0n) is 39.6. The second kappa shape index (κ2) is 15.8. The highest BCUT2D eigenvalue weighted by Gasteiger charge is 2.49. The molecule has 0 atom stereocenters. The molecule has 10 aromatic carbocycles. The highest BCUT2D eigenvalue weighted by atomic mass is 32.1. The normalized spacial score (nSPS) is 15.2. The number of hydrogen-bond donors (Lipinski definition) is 0. The molecule has 0 spiro atoms. The third-order valence-electron chi connectivity index (χ3n) is 15.8. The van der Waals surface area contributed by atoms with E-state index in [9.17, 15) is 0 Å².